The molecule has 21 heavy (non-hydrogen) atoms. The lowest BCUT2D eigenvalue weighted by atomic mass is 9.96. The summed E-state index contributed by atoms with van der Waals surface area (Å²) in [5.74, 6) is 3.77. The van der Waals surface area contributed by atoms with Crippen LogP contribution in [0.5, 0.6) is 0 Å². The second kappa shape index (κ2) is 5.02. The van der Waals surface area contributed by atoms with Crippen LogP contribution in [0.25, 0.3) is 0 Å². The molecular formula is C15H22N6. The smallest absolute Gasteiger partial charge is 0.138 e. The molecule has 0 aromatic carbocycles. The van der Waals surface area contributed by atoms with Crippen molar-refractivity contribution in [3.05, 3.63) is 30.1 Å². The second-order valence-electron chi connectivity index (χ2n) is 6.39. The fraction of sp³-hybridized carbons (Fsp3) is 0.533. The third-order valence-corrected chi connectivity index (χ3v) is 3.71. The highest BCUT2D eigenvalue weighted by molar-refractivity contribution is 5.50. The SMILES string of the molecule is CNc1cc(N2CCn3ccnc3C2)nc(C(C)(C)C)n1. The zero-order valence-electron chi connectivity index (χ0n) is 13.1. The third-order valence-electron chi connectivity index (χ3n) is 3.71. The fourth-order valence-electron chi connectivity index (χ4n) is 2.43. The Balaban J connectivity index is 1.95. The van der Waals surface area contributed by atoms with Crippen molar-refractivity contribution in [3.8, 4) is 0 Å². The van der Waals surface area contributed by atoms with Crippen molar-refractivity contribution in [1.82, 2.24) is 19.5 Å². The average Bonchev–Trinajstić information content (AvgIpc) is 2.93. The molecule has 0 fully saturated rings. The summed E-state index contributed by atoms with van der Waals surface area (Å²) in [5, 5.41) is 3.13. The van der Waals surface area contributed by atoms with Gasteiger partial charge in [-0.05, 0) is 0 Å². The topological polar surface area (TPSA) is 58.9 Å². The van der Waals surface area contributed by atoms with Crippen molar-refractivity contribution in [2.45, 2.75) is 39.3 Å². The van der Waals surface area contributed by atoms with Crippen LogP contribution in [0.15, 0.2) is 18.5 Å². The summed E-state index contributed by atoms with van der Waals surface area (Å²) in [5.41, 5.74) is -0.0735. The van der Waals surface area contributed by atoms with Crippen molar-refractivity contribution in [2.24, 2.45) is 0 Å². The molecule has 0 aliphatic carbocycles. The van der Waals surface area contributed by atoms with E-state index in [1.165, 1.54) is 0 Å². The van der Waals surface area contributed by atoms with Crippen molar-refractivity contribution in [3.63, 3.8) is 0 Å². The van der Waals surface area contributed by atoms with Crippen LogP contribution in [0.3, 0.4) is 0 Å². The van der Waals surface area contributed by atoms with Gasteiger partial charge in [-0.3, -0.25) is 0 Å². The van der Waals surface area contributed by atoms with Crippen molar-refractivity contribution in [2.75, 3.05) is 23.8 Å². The van der Waals surface area contributed by atoms with E-state index in [0.717, 1.165) is 42.9 Å². The maximum atomic E-state index is 4.77. The van der Waals surface area contributed by atoms with Crippen LogP contribution >= 0.6 is 0 Å². The Morgan fingerprint density at radius 2 is 2.00 bits per heavy atom. The van der Waals surface area contributed by atoms with Crippen LogP contribution in [0.4, 0.5) is 11.6 Å². The molecule has 112 valence electrons. The molecule has 1 aliphatic rings. The van der Waals surface area contributed by atoms with Crippen LogP contribution < -0.4 is 10.2 Å². The molecule has 2 aromatic heterocycles. The lowest BCUT2D eigenvalue weighted by molar-refractivity contribution is 0.532. The summed E-state index contributed by atoms with van der Waals surface area (Å²) in [6, 6.07) is 2.01. The summed E-state index contributed by atoms with van der Waals surface area (Å²) in [7, 11) is 1.89. The molecule has 1 aliphatic heterocycles. The summed E-state index contributed by atoms with van der Waals surface area (Å²) in [6.45, 7) is 9.07. The molecule has 2 aromatic rings. The minimum atomic E-state index is -0.0735. The molecule has 0 bridgehead atoms. The Hall–Kier alpha value is -2.11. The predicted molar refractivity (Wildman–Crippen MR) is 83.6 cm³/mol. The van der Waals surface area contributed by atoms with E-state index in [1.807, 2.05) is 25.5 Å². The molecule has 6 nitrogen and oxygen atoms in total. The monoisotopic (exact) mass is 286 g/mol. The van der Waals surface area contributed by atoms with Gasteiger partial charge in [0.05, 0.1) is 6.54 Å². The van der Waals surface area contributed by atoms with Gasteiger partial charge in [0.1, 0.15) is 23.3 Å². The zero-order valence-corrected chi connectivity index (χ0v) is 13.1. The molecule has 0 spiro atoms. The Morgan fingerprint density at radius 1 is 1.19 bits per heavy atom. The van der Waals surface area contributed by atoms with Gasteiger partial charge in [-0.25, -0.2) is 15.0 Å². The van der Waals surface area contributed by atoms with Gasteiger partial charge in [0, 0.05) is 44.0 Å². The van der Waals surface area contributed by atoms with Crippen LogP contribution in [0, 0.1) is 0 Å². The lowest BCUT2D eigenvalue weighted by Crippen LogP contribution is -2.34. The minimum Gasteiger partial charge on any atom is -0.373 e. The first-order chi connectivity index (χ1) is 9.97. The molecule has 0 saturated carbocycles. The molecule has 3 heterocycles. The average molecular weight is 286 g/mol. The van der Waals surface area contributed by atoms with Gasteiger partial charge in [0.25, 0.3) is 0 Å². The summed E-state index contributed by atoms with van der Waals surface area (Å²) in [4.78, 5) is 16.0. The predicted octanol–water partition coefficient (Wildman–Crippen LogP) is 2.03. The van der Waals surface area contributed by atoms with Crippen molar-refractivity contribution >= 4 is 11.6 Å². The number of fused-ring (bicyclic) bond motifs is 1. The first-order valence-corrected chi connectivity index (χ1v) is 7.29. The van der Waals surface area contributed by atoms with Gasteiger partial charge in [0.15, 0.2) is 0 Å². The highest BCUT2D eigenvalue weighted by Gasteiger charge is 2.23. The minimum absolute atomic E-state index is 0.0735. The molecule has 6 heteroatoms. The molecular weight excluding hydrogens is 264 g/mol. The Bertz CT molecular complexity index is 640. The molecule has 0 saturated heterocycles. The maximum Gasteiger partial charge on any atom is 0.138 e. The number of rotatable bonds is 2. The number of hydrogen-bond donors (Lipinski definition) is 1. The number of hydrogen-bond acceptors (Lipinski definition) is 5. The number of anilines is 2. The van der Waals surface area contributed by atoms with E-state index in [4.69, 9.17) is 4.98 Å². The zero-order chi connectivity index (χ0) is 15.0. The summed E-state index contributed by atoms with van der Waals surface area (Å²) in [6.07, 6.45) is 3.89. The Kier molecular flexibility index (Phi) is 3.31. The maximum absolute atomic E-state index is 4.77. The fourth-order valence-corrected chi connectivity index (χ4v) is 2.43. The molecule has 0 radical (unpaired) electrons. The van der Waals surface area contributed by atoms with Gasteiger partial charge in [0.2, 0.25) is 0 Å². The largest absolute Gasteiger partial charge is 0.373 e. The van der Waals surface area contributed by atoms with Crippen LogP contribution in [0.2, 0.25) is 0 Å². The Morgan fingerprint density at radius 3 is 2.71 bits per heavy atom. The molecule has 0 unspecified atom stereocenters. The number of aromatic nitrogens is 4. The summed E-state index contributed by atoms with van der Waals surface area (Å²) >= 11 is 0. The van der Waals surface area contributed by atoms with Gasteiger partial charge < -0.3 is 14.8 Å². The van der Waals surface area contributed by atoms with Crippen LogP contribution in [0.1, 0.15) is 32.4 Å². The first kappa shape index (κ1) is 13.9. The number of nitrogens with zero attached hydrogens (tertiary/aromatic N) is 5. The number of imidazole rings is 1. The highest BCUT2D eigenvalue weighted by Crippen LogP contribution is 2.25. The van der Waals surface area contributed by atoms with Gasteiger partial charge >= 0.3 is 0 Å². The quantitative estimate of drug-likeness (QED) is 0.915. The van der Waals surface area contributed by atoms with E-state index in [0.29, 0.717) is 0 Å². The van der Waals surface area contributed by atoms with E-state index >= 15 is 0 Å². The van der Waals surface area contributed by atoms with Crippen molar-refractivity contribution in [1.29, 1.82) is 0 Å². The first-order valence-electron chi connectivity index (χ1n) is 7.29. The molecule has 0 atom stereocenters. The van der Waals surface area contributed by atoms with E-state index in [-0.39, 0.29) is 5.41 Å². The molecule has 0 amide bonds. The van der Waals surface area contributed by atoms with Crippen LogP contribution in [-0.4, -0.2) is 33.1 Å². The van der Waals surface area contributed by atoms with E-state index in [2.05, 4.69) is 45.5 Å². The third kappa shape index (κ3) is 2.70. The van der Waals surface area contributed by atoms with E-state index < -0.39 is 0 Å². The Labute approximate surface area is 125 Å². The molecule has 3 rings (SSSR count). The summed E-state index contributed by atoms with van der Waals surface area (Å²) < 4.78 is 2.20. The second-order valence-corrected chi connectivity index (χ2v) is 6.39. The number of nitrogens with one attached hydrogen (secondary N) is 1. The standard InChI is InChI=1S/C15H22N6/c1-15(2,3)14-18-11(16-4)9-12(19-14)21-8-7-20-6-5-17-13(20)10-21/h5-6,9H,7-8,10H2,1-4H3,(H,16,18,19). The molecule has 1 N–H and O–H groups in total. The van der Waals surface area contributed by atoms with Gasteiger partial charge in [-0.15, -0.1) is 0 Å². The lowest BCUT2D eigenvalue weighted by Gasteiger charge is -2.30. The van der Waals surface area contributed by atoms with Crippen LogP contribution in [-0.2, 0) is 18.5 Å². The van der Waals surface area contributed by atoms with Crippen molar-refractivity contribution < 1.29 is 0 Å². The highest BCUT2D eigenvalue weighted by atomic mass is 15.3. The van der Waals surface area contributed by atoms with E-state index in [1.54, 1.807) is 0 Å². The van der Waals surface area contributed by atoms with Gasteiger partial charge in [-0.1, -0.05) is 20.8 Å². The normalized spacial score (nSPS) is 15.0. The van der Waals surface area contributed by atoms with Gasteiger partial charge in [-0.2, -0.15) is 0 Å². The van der Waals surface area contributed by atoms with E-state index in [9.17, 15) is 0 Å².